The molecule has 0 radical (unpaired) electrons. The number of esters is 1. The summed E-state index contributed by atoms with van der Waals surface area (Å²) >= 11 is 1.28. The van der Waals surface area contributed by atoms with Crippen LogP contribution >= 0.6 is 11.3 Å². The summed E-state index contributed by atoms with van der Waals surface area (Å²) < 4.78 is 11.0. The van der Waals surface area contributed by atoms with Crippen LogP contribution in [0.5, 0.6) is 0 Å². The van der Waals surface area contributed by atoms with E-state index in [-0.39, 0.29) is 36.3 Å². The standard InChI is InChI=1S/C30H43N5O6S/c1-18(2)41-27(38)23(34-29(39)40-17-30-13-19-10-20(14-30)12-21(11-19)15-30)16-33-26(37)24-6-4-22(42-24)5-7-25(36)35-28-31-8-3-9-32-28/h4,6,18-21,23H,3,5,7-17H2,1-2H3,(H,33,37)(H,34,39)(H2,31,32,35,36)/t19?,20?,21?,23-,30?/m0/s1. The Labute approximate surface area is 251 Å². The van der Waals surface area contributed by atoms with E-state index in [4.69, 9.17) is 9.47 Å². The molecule has 6 rings (SSSR count). The zero-order valence-electron chi connectivity index (χ0n) is 24.5. The first-order chi connectivity index (χ1) is 20.2. The number of carbonyl (C=O) groups is 4. The Hall–Kier alpha value is -3.15. The summed E-state index contributed by atoms with van der Waals surface area (Å²) in [5.41, 5.74) is 0.0622. The van der Waals surface area contributed by atoms with Crippen LogP contribution in [-0.2, 0) is 25.5 Å². The van der Waals surface area contributed by atoms with Crippen molar-refractivity contribution in [3.63, 3.8) is 0 Å². The molecular weight excluding hydrogens is 558 g/mol. The number of aliphatic imine (C=N–C) groups is 1. The third-order valence-corrected chi connectivity index (χ3v) is 9.85. The summed E-state index contributed by atoms with van der Waals surface area (Å²) in [6, 6.07) is 2.42. The molecule has 0 unspecified atom stereocenters. The van der Waals surface area contributed by atoms with Crippen molar-refractivity contribution in [3.05, 3.63) is 21.9 Å². The van der Waals surface area contributed by atoms with E-state index in [0.717, 1.165) is 54.9 Å². The highest BCUT2D eigenvalue weighted by molar-refractivity contribution is 7.14. The molecule has 11 nitrogen and oxygen atoms in total. The number of amides is 3. The van der Waals surface area contributed by atoms with Crippen molar-refractivity contribution in [2.24, 2.45) is 28.2 Å². The van der Waals surface area contributed by atoms with E-state index in [0.29, 0.717) is 30.4 Å². The maximum atomic E-state index is 12.9. The van der Waals surface area contributed by atoms with Gasteiger partial charge in [0.1, 0.15) is 6.04 Å². The Morgan fingerprint density at radius 2 is 1.81 bits per heavy atom. The minimum Gasteiger partial charge on any atom is -0.461 e. The van der Waals surface area contributed by atoms with Gasteiger partial charge in [0.2, 0.25) is 5.91 Å². The molecule has 0 spiro atoms. The number of nitrogens with one attached hydrogen (secondary N) is 4. The monoisotopic (exact) mass is 601 g/mol. The molecule has 4 bridgehead atoms. The van der Waals surface area contributed by atoms with E-state index in [1.54, 1.807) is 19.9 Å². The quantitative estimate of drug-likeness (QED) is 0.285. The number of thiophene rings is 1. The van der Waals surface area contributed by atoms with Crippen LogP contribution in [0.1, 0.15) is 79.8 Å². The molecule has 0 aromatic carbocycles. The summed E-state index contributed by atoms with van der Waals surface area (Å²) in [7, 11) is 0. The Morgan fingerprint density at radius 1 is 1.10 bits per heavy atom. The van der Waals surface area contributed by atoms with Gasteiger partial charge in [-0.1, -0.05) is 0 Å². The summed E-state index contributed by atoms with van der Waals surface area (Å²) in [5.74, 6) is 1.60. The molecule has 4 aliphatic carbocycles. The van der Waals surface area contributed by atoms with Gasteiger partial charge < -0.3 is 25.4 Å². The Balaban J connectivity index is 1.09. The molecule has 5 aliphatic rings. The van der Waals surface area contributed by atoms with Crippen LogP contribution < -0.4 is 21.3 Å². The van der Waals surface area contributed by atoms with Gasteiger partial charge in [0.15, 0.2) is 5.96 Å². The first kappa shape index (κ1) is 30.3. The molecule has 4 fully saturated rings. The van der Waals surface area contributed by atoms with Crippen LogP contribution in [0.15, 0.2) is 17.1 Å². The predicted molar refractivity (Wildman–Crippen MR) is 158 cm³/mol. The number of rotatable bonds is 11. The van der Waals surface area contributed by atoms with Gasteiger partial charge in [0.25, 0.3) is 5.91 Å². The van der Waals surface area contributed by atoms with Crippen molar-refractivity contribution < 1.29 is 28.7 Å². The second kappa shape index (κ2) is 13.4. The van der Waals surface area contributed by atoms with Gasteiger partial charge in [0.05, 0.1) is 17.6 Å². The third-order valence-electron chi connectivity index (χ3n) is 8.71. The zero-order chi connectivity index (χ0) is 29.7. The summed E-state index contributed by atoms with van der Waals surface area (Å²) in [4.78, 5) is 56.3. The highest BCUT2D eigenvalue weighted by Crippen LogP contribution is 2.60. The molecule has 1 aromatic heterocycles. The van der Waals surface area contributed by atoms with Crippen molar-refractivity contribution in [3.8, 4) is 0 Å². The average molecular weight is 602 g/mol. The molecule has 4 N–H and O–H groups in total. The topological polar surface area (TPSA) is 147 Å². The van der Waals surface area contributed by atoms with Gasteiger partial charge in [0, 0.05) is 36.3 Å². The minimum atomic E-state index is -1.08. The lowest BCUT2D eigenvalue weighted by atomic mass is 9.50. The Bertz CT molecular complexity index is 1160. The lowest BCUT2D eigenvalue weighted by Crippen LogP contribution is -2.51. The lowest BCUT2D eigenvalue weighted by molar-refractivity contribution is -0.149. The molecule has 3 amide bonds. The average Bonchev–Trinajstić information content (AvgIpc) is 3.42. The van der Waals surface area contributed by atoms with Gasteiger partial charge in [-0.2, -0.15) is 0 Å². The summed E-state index contributed by atoms with van der Waals surface area (Å²) in [5, 5.41) is 11.2. The van der Waals surface area contributed by atoms with E-state index in [2.05, 4.69) is 26.3 Å². The molecule has 1 aromatic rings. The van der Waals surface area contributed by atoms with Crippen LogP contribution in [0, 0.1) is 23.2 Å². The first-order valence-corrected chi connectivity index (χ1v) is 16.1. The number of ether oxygens (including phenoxy) is 2. The third kappa shape index (κ3) is 8.02. The normalized spacial score (nSPS) is 26.5. The van der Waals surface area contributed by atoms with E-state index in [1.807, 2.05) is 6.07 Å². The second-order valence-corrected chi connectivity index (χ2v) is 13.9. The number of nitrogens with zero attached hydrogens (tertiary/aromatic N) is 1. The number of hydrogen-bond acceptors (Lipinski definition) is 9. The molecule has 0 saturated heterocycles. The predicted octanol–water partition coefficient (Wildman–Crippen LogP) is 3.14. The number of alkyl carbamates (subject to hydrolysis) is 1. The van der Waals surface area contributed by atoms with E-state index in [9.17, 15) is 19.2 Å². The highest BCUT2D eigenvalue weighted by atomic mass is 32.1. The smallest absolute Gasteiger partial charge is 0.407 e. The van der Waals surface area contributed by atoms with E-state index in [1.165, 1.54) is 30.6 Å². The minimum absolute atomic E-state index is 0.0622. The summed E-state index contributed by atoms with van der Waals surface area (Å²) in [6.07, 6.45) is 7.91. The van der Waals surface area contributed by atoms with Crippen molar-refractivity contribution >= 4 is 41.2 Å². The first-order valence-electron chi connectivity index (χ1n) is 15.3. The number of guanidine groups is 1. The molecular formula is C30H43N5O6S. The lowest BCUT2D eigenvalue weighted by Gasteiger charge is -2.56. The number of aryl methyl sites for hydroxylation is 1. The van der Waals surface area contributed by atoms with Crippen LogP contribution in [0.4, 0.5) is 4.79 Å². The zero-order valence-corrected chi connectivity index (χ0v) is 25.4. The Morgan fingerprint density at radius 3 is 2.45 bits per heavy atom. The maximum absolute atomic E-state index is 12.9. The van der Waals surface area contributed by atoms with Crippen LogP contribution in [0.3, 0.4) is 0 Å². The van der Waals surface area contributed by atoms with Gasteiger partial charge in [-0.15, -0.1) is 11.3 Å². The van der Waals surface area contributed by atoms with Gasteiger partial charge >= 0.3 is 12.1 Å². The van der Waals surface area contributed by atoms with Gasteiger partial charge in [-0.25, -0.2) is 9.59 Å². The highest BCUT2D eigenvalue weighted by Gasteiger charge is 2.51. The molecule has 1 aliphatic heterocycles. The molecule has 230 valence electrons. The van der Waals surface area contributed by atoms with E-state index < -0.39 is 18.1 Å². The Kier molecular flexibility index (Phi) is 9.70. The van der Waals surface area contributed by atoms with Crippen LogP contribution in [0.25, 0.3) is 0 Å². The largest absolute Gasteiger partial charge is 0.461 e. The molecule has 1 atom stereocenters. The van der Waals surface area contributed by atoms with Crippen LogP contribution in [0.2, 0.25) is 0 Å². The summed E-state index contributed by atoms with van der Waals surface area (Å²) in [6.45, 7) is 5.16. The van der Waals surface area contributed by atoms with Crippen molar-refractivity contribution in [1.82, 2.24) is 21.3 Å². The maximum Gasteiger partial charge on any atom is 0.407 e. The van der Waals surface area contributed by atoms with Crippen molar-refractivity contribution in [2.45, 2.75) is 83.8 Å². The van der Waals surface area contributed by atoms with Crippen molar-refractivity contribution in [1.29, 1.82) is 0 Å². The molecule has 4 saturated carbocycles. The fourth-order valence-electron chi connectivity index (χ4n) is 7.34. The van der Waals surface area contributed by atoms with Gasteiger partial charge in [-0.05, 0) is 95.1 Å². The fraction of sp³-hybridized carbons (Fsp3) is 0.700. The molecule has 2 heterocycles. The number of hydrogen-bond donors (Lipinski definition) is 4. The molecule has 42 heavy (non-hydrogen) atoms. The number of carbonyl (C=O) groups excluding carboxylic acids is 4. The van der Waals surface area contributed by atoms with Gasteiger partial charge in [-0.3, -0.25) is 19.9 Å². The molecule has 12 heteroatoms. The second-order valence-electron chi connectivity index (χ2n) is 12.7. The van der Waals surface area contributed by atoms with Crippen LogP contribution in [-0.4, -0.2) is 68.2 Å². The fourth-order valence-corrected chi connectivity index (χ4v) is 8.26. The SMILES string of the molecule is CC(C)OC(=O)[C@H](CNC(=O)c1ccc(CCC(=O)NC2=NCCCN2)s1)NC(=O)OCC12CC3CC(CC(C3)C1)C2. The van der Waals surface area contributed by atoms with Crippen molar-refractivity contribution in [2.75, 3.05) is 26.2 Å². The van der Waals surface area contributed by atoms with E-state index >= 15 is 0 Å².